The van der Waals surface area contributed by atoms with E-state index < -0.39 is 11.7 Å². The van der Waals surface area contributed by atoms with Crippen molar-refractivity contribution in [2.24, 2.45) is 11.7 Å². The van der Waals surface area contributed by atoms with Gasteiger partial charge in [0.1, 0.15) is 16.9 Å². The molecule has 1 saturated carbocycles. The van der Waals surface area contributed by atoms with Crippen molar-refractivity contribution in [3.8, 4) is 28.3 Å². The van der Waals surface area contributed by atoms with Gasteiger partial charge in [0.15, 0.2) is 11.5 Å². The molecule has 0 bridgehead atoms. The van der Waals surface area contributed by atoms with Gasteiger partial charge >= 0.3 is 6.09 Å². The van der Waals surface area contributed by atoms with E-state index in [1.165, 1.54) is 0 Å². The topological polar surface area (TPSA) is 154 Å². The molecule has 0 radical (unpaired) electrons. The number of amides is 2. The number of nitrogens with zero attached hydrogens (tertiary/aromatic N) is 5. The van der Waals surface area contributed by atoms with E-state index in [0.717, 1.165) is 73.4 Å². The van der Waals surface area contributed by atoms with Gasteiger partial charge in [0, 0.05) is 48.2 Å². The third-order valence-corrected chi connectivity index (χ3v) is 9.50. The summed E-state index contributed by atoms with van der Waals surface area (Å²) in [5.41, 5.74) is 17.8. The minimum absolute atomic E-state index is 0.0447. The second-order valence-corrected chi connectivity index (χ2v) is 13.0. The van der Waals surface area contributed by atoms with Gasteiger partial charge in [-0.3, -0.25) is 9.36 Å². The summed E-state index contributed by atoms with van der Waals surface area (Å²) >= 11 is 0. The number of nitrogen functional groups attached to an aromatic ring is 1. The number of benzene rings is 2. The fourth-order valence-corrected chi connectivity index (χ4v) is 6.87. The van der Waals surface area contributed by atoms with E-state index in [1.54, 1.807) is 6.20 Å². The second kappa shape index (κ2) is 12.6. The molecule has 246 valence electrons. The van der Waals surface area contributed by atoms with Crippen LogP contribution in [0.4, 0.5) is 16.3 Å². The molecule has 0 spiro atoms. The smallest absolute Gasteiger partial charge is 0.405 e. The first-order valence-corrected chi connectivity index (χ1v) is 16.6. The van der Waals surface area contributed by atoms with Crippen LogP contribution in [0.25, 0.3) is 39.5 Å². The number of primary amides is 1. The SMILES string of the molecule is CC(C)NC(=O)C1CCN(c2cccc(-c3ccc4nc(-c5cccnc5N)n(-c5ccc(C6(OC(N)=O)CCC6)cc5)c4n3)c2)CC1. The monoisotopic (exact) mass is 644 g/mol. The van der Waals surface area contributed by atoms with Gasteiger partial charge in [-0.2, -0.15) is 0 Å². The number of pyridine rings is 2. The first-order valence-electron chi connectivity index (χ1n) is 16.6. The van der Waals surface area contributed by atoms with Crippen LogP contribution >= 0.6 is 0 Å². The van der Waals surface area contributed by atoms with Crippen molar-refractivity contribution in [3.63, 3.8) is 0 Å². The lowest BCUT2D eigenvalue weighted by atomic mass is 9.75. The first kappa shape index (κ1) is 31.2. The Morgan fingerprint density at radius 3 is 2.40 bits per heavy atom. The van der Waals surface area contributed by atoms with E-state index in [0.29, 0.717) is 28.4 Å². The average Bonchev–Trinajstić information content (AvgIpc) is 3.45. The zero-order valence-corrected chi connectivity index (χ0v) is 27.2. The summed E-state index contributed by atoms with van der Waals surface area (Å²) in [7, 11) is 0. The summed E-state index contributed by atoms with van der Waals surface area (Å²) in [6.07, 6.45) is 4.96. The maximum absolute atomic E-state index is 12.6. The number of nitrogens with two attached hydrogens (primary N) is 2. The standard InChI is InChI=1S/C37H40N8O3/c1-23(2)41-35(46)24-15-20-44(21-16-24)28-7-3-6-25(22-28)30-13-14-31-34(42-30)45(33(43-31)29-8-4-19-40-32(29)38)27-11-9-26(10-12-27)37(17-5-18-37)48-36(39)47/h3-4,6-14,19,22-24H,5,15-18,20-21H2,1-2H3,(H2,38,40)(H2,39,47)(H,41,46). The Morgan fingerprint density at radius 1 is 0.958 bits per heavy atom. The minimum Gasteiger partial charge on any atom is -0.438 e. The first-order chi connectivity index (χ1) is 23.2. The highest BCUT2D eigenvalue weighted by Gasteiger charge is 2.42. The van der Waals surface area contributed by atoms with Gasteiger partial charge in [-0.1, -0.05) is 24.3 Å². The molecule has 5 aromatic rings. The van der Waals surface area contributed by atoms with Crippen LogP contribution in [0.2, 0.25) is 0 Å². The largest absolute Gasteiger partial charge is 0.438 e. The molecule has 1 saturated heterocycles. The number of piperidine rings is 1. The third-order valence-electron chi connectivity index (χ3n) is 9.50. The molecule has 0 atom stereocenters. The van der Waals surface area contributed by atoms with Gasteiger partial charge in [0.2, 0.25) is 5.91 Å². The quantitative estimate of drug-likeness (QED) is 0.187. The number of rotatable bonds is 8. The third kappa shape index (κ3) is 5.92. The Labute approximate surface area is 279 Å². The van der Waals surface area contributed by atoms with Gasteiger partial charge in [0.25, 0.3) is 0 Å². The number of carbonyl (C=O) groups is 2. The molecule has 1 aliphatic heterocycles. The zero-order chi connectivity index (χ0) is 33.4. The van der Waals surface area contributed by atoms with Crippen molar-refractivity contribution in [2.45, 2.75) is 57.6 Å². The predicted octanol–water partition coefficient (Wildman–Crippen LogP) is 5.95. The predicted molar refractivity (Wildman–Crippen MR) is 186 cm³/mol. The summed E-state index contributed by atoms with van der Waals surface area (Å²) in [6, 6.07) is 24.2. The number of imidazole rings is 1. The van der Waals surface area contributed by atoms with Crippen LogP contribution in [0.3, 0.4) is 0 Å². The van der Waals surface area contributed by atoms with E-state index in [4.69, 9.17) is 26.2 Å². The number of anilines is 2. The number of aromatic nitrogens is 4. The fourth-order valence-electron chi connectivity index (χ4n) is 6.87. The molecular weight excluding hydrogens is 604 g/mol. The van der Waals surface area contributed by atoms with E-state index in [9.17, 15) is 9.59 Å². The maximum atomic E-state index is 12.6. The van der Waals surface area contributed by atoms with Crippen molar-refractivity contribution in [3.05, 3.63) is 84.6 Å². The Kier molecular flexibility index (Phi) is 8.20. The minimum atomic E-state index is -0.770. The highest BCUT2D eigenvalue weighted by Crippen LogP contribution is 2.45. The molecule has 2 amide bonds. The van der Waals surface area contributed by atoms with Gasteiger partial charge in [0.05, 0.1) is 11.3 Å². The lowest BCUT2D eigenvalue weighted by Crippen LogP contribution is -2.42. The Balaban J connectivity index is 1.24. The van der Waals surface area contributed by atoms with Crippen molar-refractivity contribution in [1.82, 2.24) is 24.8 Å². The highest BCUT2D eigenvalue weighted by atomic mass is 16.6. The molecule has 2 aromatic carbocycles. The van der Waals surface area contributed by atoms with Gasteiger partial charge in [-0.25, -0.2) is 19.7 Å². The van der Waals surface area contributed by atoms with Crippen molar-refractivity contribution in [1.29, 1.82) is 0 Å². The van der Waals surface area contributed by atoms with Crippen LogP contribution in [0, 0.1) is 5.92 Å². The molecule has 0 unspecified atom stereocenters. The average molecular weight is 645 g/mol. The van der Waals surface area contributed by atoms with E-state index in [-0.39, 0.29) is 17.9 Å². The van der Waals surface area contributed by atoms with Crippen LogP contribution in [-0.4, -0.2) is 50.7 Å². The van der Waals surface area contributed by atoms with Gasteiger partial charge < -0.3 is 26.4 Å². The maximum Gasteiger partial charge on any atom is 0.405 e. The molecule has 5 N–H and O–H groups in total. The number of fused-ring (bicyclic) bond motifs is 1. The van der Waals surface area contributed by atoms with Crippen LogP contribution in [0.1, 0.15) is 51.5 Å². The van der Waals surface area contributed by atoms with Gasteiger partial charge in [-0.05, 0) is 100 Å². The normalized spacial score (nSPS) is 16.1. The molecule has 4 heterocycles. The highest BCUT2D eigenvalue weighted by molar-refractivity contribution is 5.85. The lowest BCUT2D eigenvalue weighted by molar-refractivity contribution is -0.126. The number of nitrogens with one attached hydrogen (secondary N) is 1. The Hall–Kier alpha value is -5.45. The van der Waals surface area contributed by atoms with Crippen molar-refractivity contribution >= 4 is 34.7 Å². The summed E-state index contributed by atoms with van der Waals surface area (Å²) in [6.45, 7) is 5.62. The molecule has 2 fully saturated rings. The van der Waals surface area contributed by atoms with Crippen LogP contribution < -0.4 is 21.7 Å². The molecular formula is C37H40N8O3. The second-order valence-electron chi connectivity index (χ2n) is 13.0. The molecule has 11 heteroatoms. The molecule has 2 aliphatic rings. The van der Waals surface area contributed by atoms with Gasteiger partial charge in [-0.15, -0.1) is 0 Å². The van der Waals surface area contributed by atoms with Crippen LogP contribution in [0.5, 0.6) is 0 Å². The summed E-state index contributed by atoms with van der Waals surface area (Å²) in [4.78, 5) is 41.1. The number of hydrogen-bond donors (Lipinski definition) is 3. The van der Waals surface area contributed by atoms with Crippen LogP contribution in [0.15, 0.2) is 79.0 Å². The number of carbonyl (C=O) groups excluding carboxylic acids is 2. The molecule has 1 aliphatic carbocycles. The molecule has 48 heavy (non-hydrogen) atoms. The van der Waals surface area contributed by atoms with E-state index >= 15 is 0 Å². The Morgan fingerprint density at radius 2 is 1.73 bits per heavy atom. The summed E-state index contributed by atoms with van der Waals surface area (Å²) in [5, 5.41) is 3.06. The number of ether oxygens (including phenoxy) is 1. The zero-order valence-electron chi connectivity index (χ0n) is 27.2. The fraction of sp³-hybridized carbons (Fsp3) is 0.324. The van der Waals surface area contributed by atoms with E-state index in [2.05, 4.69) is 39.5 Å². The lowest BCUT2D eigenvalue weighted by Gasteiger charge is -2.40. The number of hydrogen-bond acceptors (Lipinski definition) is 8. The van der Waals surface area contributed by atoms with Crippen molar-refractivity contribution < 1.29 is 14.3 Å². The summed E-state index contributed by atoms with van der Waals surface area (Å²) < 4.78 is 7.57. The van der Waals surface area contributed by atoms with Crippen LogP contribution in [-0.2, 0) is 15.1 Å². The van der Waals surface area contributed by atoms with Crippen molar-refractivity contribution in [2.75, 3.05) is 23.7 Å². The molecule has 11 nitrogen and oxygen atoms in total. The summed E-state index contributed by atoms with van der Waals surface area (Å²) in [5.74, 6) is 1.18. The molecule has 7 rings (SSSR count). The van der Waals surface area contributed by atoms with E-state index in [1.807, 2.05) is 66.9 Å². The Bertz CT molecular complexity index is 1970. The molecule has 3 aromatic heterocycles.